The Kier molecular flexibility index (Phi) is 3.77. The fourth-order valence-corrected chi connectivity index (χ4v) is 4.11. The molecule has 1 aliphatic carbocycles. The Bertz CT molecular complexity index is 622. The van der Waals surface area contributed by atoms with Gasteiger partial charge in [0.2, 0.25) is 0 Å². The summed E-state index contributed by atoms with van der Waals surface area (Å²) in [7, 11) is 0. The number of hydrogen-bond acceptors (Lipinski definition) is 0. The van der Waals surface area contributed by atoms with Crippen LogP contribution >= 0.6 is 31.9 Å². The molecule has 0 N–H and O–H groups in total. The number of hydrogen-bond donors (Lipinski definition) is 0. The van der Waals surface area contributed by atoms with E-state index >= 15 is 0 Å². The maximum absolute atomic E-state index is 13.6. The van der Waals surface area contributed by atoms with Crippen molar-refractivity contribution in [3.05, 3.63) is 68.9 Å². The molecule has 0 amide bonds. The summed E-state index contributed by atoms with van der Waals surface area (Å²) >= 11 is 7.03. The van der Waals surface area contributed by atoms with Gasteiger partial charge in [-0.3, -0.25) is 0 Å². The number of aryl methyl sites for hydroxylation is 2. The zero-order chi connectivity index (χ0) is 13.4. The van der Waals surface area contributed by atoms with Crippen LogP contribution in [0.3, 0.4) is 0 Å². The Morgan fingerprint density at radius 3 is 2.68 bits per heavy atom. The molecule has 19 heavy (non-hydrogen) atoms. The van der Waals surface area contributed by atoms with E-state index in [2.05, 4.69) is 50.1 Å². The summed E-state index contributed by atoms with van der Waals surface area (Å²) in [6, 6.07) is 11.8. The van der Waals surface area contributed by atoms with Crippen LogP contribution in [-0.2, 0) is 12.8 Å². The third-order valence-corrected chi connectivity index (χ3v) is 5.53. The molecule has 0 aliphatic heterocycles. The molecular weight excluding hydrogens is 371 g/mol. The van der Waals surface area contributed by atoms with Crippen molar-refractivity contribution in [1.29, 1.82) is 0 Å². The Balaban J connectivity index is 2.00. The molecule has 98 valence electrons. The lowest BCUT2D eigenvalue weighted by atomic mass is 10.0. The topological polar surface area (TPSA) is 0 Å². The van der Waals surface area contributed by atoms with Gasteiger partial charge in [-0.2, -0.15) is 0 Å². The third-order valence-electron chi connectivity index (χ3n) is 3.67. The first-order valence-corrected chi connectivity index (χ1v) is 8.07. The van der Waals surface area contributed by atoms with E-state index in [1.165, 1.54) is 35.6 Å². The van der Waals surface area contributed by atoms with Gasteiger partial charge in [0.05, 0.1) is 9.30 Å². The lowest BCUT2D eigenvalue weighted by Gasteiger charge is -2.14. The largest absolute Gasteiger partial charge is 0.206 e. The van der Waals surface area contributed by atoms with Crippen LogP contribution in [0.15, 0.2) is 40.9 Å². The van der Waals surface area contributed by atoms with Crippen LogP contribution < -0.4 is 0 Å². The van der Waals surface area contributed by atoms with Crippen molar-refractivity contribution in [2.45, 2.75) is 24.1 Å². The van der Waals surface area contributed by atoms with E-state index in [0.717, 1.165) is 12.0 Å². The van der Waals surface area contributed by atoms with Crippen LogP contribution in [0.1, 0.15) is 33.5 Å². The first-order chi connectivity index (χ1) is 9.16. The van der Waals surface area contributed by atoms with E-state index in [0.29, 0.717) is 4.47 Å². The maximum Gasteiger partial charge on any atom is 0.137 e. The molecule has 0 nitrogen and oxygen atoms in total. The first-order valence-electron chi connectivity index (χ1n) is 6.36. The van der Waals surface area contributed by atoms with Gasteiger partial charge in [-0.1, -0.05) is 46.3 Å². The summed E-state index contributed by atoms with van der Waals surface area (Å²) < 4.78 is 14.1. The highest BCUT2D eigenvalue weighted by Gasteiger charge is 2.18. The van der Waals surface area contributed by atoms with E-state index in [1.807, 2.05) is 6.07 Å². The minimum Gasteiger partial charge on any atom is -0.206 e. The van der Waals surface area contributed by atoms with Crippen LogP contribution in [0.2, 0.25) is 0 Å². The Morgan fingerprint density at radius 2 is 1.84 bits per heavy atom. The molecule has 2 aromatic rings. The van der Waals surface area contributed by atoms with Crippen LogP contribution in [0, 0.1) is 5.82 Å². The molecule has 2 aromatic carbocycles. The highest BCUT2D eigenvalue weighted by molar-refractivity contribution is 9.11. The smallest absolute Gasteiger partial charge is 0.137 e. The van der Waals surface area contributed by atoms with E-state index in [4.69, 9.17) is 0 Å². The van der Waals surface area contributed by atoms with Gasteiger partial charge >= 0.3 is 0 Å². The highest BCUT2D eigenvalue weighted by atomic mass is 79.9. The summed E-state index contributed by atoms with van der Waals surface area (Å²) in [4.78, 5) is 0.0171. The van der Waals surface area contributed by atoms with Crippen molar-refractivity contribution in [2.24, 2.45) is 0 Å². The van der Waals surface area contributed by atoms with E-state index in [-0.39, 0.29) is 10.6 Å². The van der Waals surface area contributed by atoms with Gasteiger partial charge in [-0.15, -0.1) is 0 Å². The average molecular weight is 384 g/mol. The van der Waals surface area contributed by atoms with Gasteiger partial charge in [0.15, 0.2) is 0 Å². The van der Waals surface area contributed by atoms with Crippen LogP contribution in [0.4, 0.5) is 4.39 Å². The maximum atomic E-state index is 13.6. The van der Waals surface area contributed by atoms with Gasteiger partial charge in [-0.25, -0.2) is 4.39 Å². The van der Waals surface area contributed by atoms with Crippen LogP contribution in [0.25, 0.3) is 0 Å². The molecule has 0 heterocycles. The molecule has 3 rings (SSSR count). The molecule has 3 heteroatoms. The molecule has 1 atom stereocenters. The quantitative estimate of drug-likeness (QED) is 0.595. The number of halogens is 3. The van der Waals surface area contributed by atoms with E-state index < -0.39 is 0 Å². The average Bonchev–Trinajstić information content (AvgIpc) is 2.88. The second-order valence-corrected chi connectivity index (χ2v) is 6.60. The standard InChI is InChI=1S/C16H13Br2F/c17-15(13-5-2-6-14(19)16(13)18)12-8-7-10-3-1-4-11(10)9-12/h2,5-9,15H,1,3-4H2. The van der Waals surface area contributed by atoms with Crippen LogP contribution in [-0.4, -0.2) is 0 Å². The van der Waals surface area contributed by atoms with Gasteiger partial charge in [0, 0.05) is 0 Å². The Labute approximate surface area is 129 Å². The predicted molar refractivity (Wildman–Crippen MR) is 83.3 cm³/mol. The summed E-state index contributed by atoms with van der Waals surface area (Å²) in [5, 5.41) is 0. The normalized spacial score (nSPS) is 15.3. The van der Waals surface area contributed by atoms with Gasteiger partial charge < -0.3 is 0 Å². The molecule has 1 unspecified atom stereocenters. The van der Waals surface area contributed by atoms with E-state index in [1.54, 1.807) is 6.07 Å². The summed E-state index contributed by atoms with van der Waals surface area (Å²) in [5.74, 6) is -0.219. The molecule has 0 spiro atoms. The molecule has 0 saturated heterocycles. The summed E-state index contributed by atoms with van der Waals surface area (Å²) in [5.41, 5.74) is 5.01. The van der Waals surface area contributed by atoms with Gasteiger partial charge in [0.1, 0.15) is 5.82 Å². The number of fused-ring (bicyclic) bond motifs is 1. The second-order valence-electron chi connectivity index (χ2n) is 4.89. The fraction of sp³-hybridized carbons (Fsp3) is 0.250. The number of alkyl halides is 1. The summed E-state index contributed by atoms with van der Waals surface area (Å²) in [6.45, 7) is 0. The SMILES string of the molecule is Fc1cccc(C(Br)c2ccc3c(c2)CCC3)c1Br. The van der Waals surface area contributed by atoms with Crippen molar-refractivity contribution in [3.8, 4) is 0 Å². The van der Waals surface area contributed by atoms with Gasteiger partial charge in [0.25, 0.3) is 0 Å². The van der Waals surface area contributed by atoms with Gasteiger partial charge in [-0.05, 0) is 63.5 Å². The van der Waals surface area contributed by atoms with Crippen molar-refractivity contribution in [2.75, 3.05) is 0 Å². The Morgan fingerprint density at radius 1 is 1.05 bits per heavy atom. The molecule has 0 bridgehead atoms. The zero-order valence-corrected chi connectivity index (χ0v) is 13.5. The minimum absolute atomic E-state index is 0.0171. The number of rotatable bonds is 2. The lowest BCUT2D eigenvalue weighted by molar-refractivity contribution is 0.619. The lowest BCUT2D eigenvalue weighted by Crippen LogP contribution is -1.97. The molecule has 0 fully saturated rings. The zero-order valence-electron chi connectivity index (χ0n) is 10.3. The van der Waals surface area contributed by atoms with Crippen molar-refractivity contribution in [1.82, 2.24) is 0 Å². The second kappa shape index (κ2) is 5.37. The highest BCUT2D eigenvalue weighted by Crippen LogP contribution is 2.37. The predicted octanol–water partition coefficient (Wildman–Crippen LogP) is 5.56. The molecule has 0 saturated carbocycles. The summed E-state index contributed by atoms with van der Waals surface area (Å²) in [6.07, 6.45) is 3.59. The molecular formula is C16H13Br2F. The van der Waals surface area contributed by atoms with Crippen LogP contribution in [0.5, 0.6) is 0 Å². The van der Waals surface area contributed by atoms with Crippen molar-refractivity contribution in [3.63, 3.8) is 0 Å². The van der Waals surface area contributed by atoms with E-state index in [9.17, 15) is 4.39 Å². The monoisotopic (exact) mass is 382 g/mol. The third kappa shape index (κ3) is 2.50. The molecule has 0 aromatic heterocycles. The molecule has 0 radical (unpaired) electrons. The first kappa shape index (κ1) is 13.3. The van der Waals surface area contributed by atoms with Crippen molar-refractivity contribution < 1.29 is 4.39 Å². The molecule has 1 aliphatic rings. The number of benzene rings is 2. The Hall–Kier alpha value is -0.670. The van der Waals surface area contributed by atoms with Crippen molar-refractivity contribution >= 4 is 31.9 Å². The fourth-order valence-electron chi connectivity index (χ4n) is 2.65. The minimum atomic E-state index is -0.219.